The number of carbonyl (C=O) groups excluding carboxylic acids is 1. The molecule has 2 aromatic carbocycles. The quantitative estimate of drug-likeness (QED) is 0.720. The third-order valence-electron chi connectivity index (χ3n) is 4.55. The average Bonchev–Trinajstić information content (AvgIpc) is 3.22. The van der Waals surface area contributed by atoms with Crippen LogP contribution in [0.2, 0.25) is 0 Å². The standard InChI is InChI=1S/C19H19N5O2/c1-14(19(25)23-11-10-15-4-2-3-5-16(15)12-23)26-18-8-6-17(7-9-18)24-13-20-21-22-24/h2-9,13-14H,10-12H2,1H3/t14-/m0/s1. The molecule has 1 atom stereocenters. The summed E-state index contributed by atoms with van der Waals surface area (Å²) in [6, 6.07) is 15.6. The van der Waals surface area contributed by atoms with Gasteiger partial charge in [-0.05, 0) is 59.2 Å². The molecule has 0 spiro atoms. The highest BCUT2D eigenvalue weighted by Gasteiger charge is 2.25. The molecule has 0 aliphatic carbocycles. The summed E-state index contributed by atoms with van der Waals surface area (Å²) in [5.74, 6) is 0.643. The lowest BCUT2D eigenvalue weighted by Crippen LogP contribution is -2.43. The second kappa shape index (κ2) is 6.95. The Bertz CT molecular complexity index is 893. The third kappa shape index (κ3) is 3.28. The highest BCUT2D eigenvalue weighted by Crippen LogP contribution is 2.21. The molecule has 132 valence electrons. The fourth-order valence-electron chi connectivity index (χ4n) is 3.15. The Balaban J connectivity index is 1.40. The minimum absolute atomic E-state index is 0.00376. The lowest BCUT2D eigenvalue weighted by molar-refractivity contribution is -0.138. The highest BCUT2D eigenvalue weighted by molar-refractivity contribution is 5.81. The van der Waals surface area contributed by atoms with Crippen molar-refractivity contribution in [2.45, 2.75) is 26.0 Å². The Hall–Kier alpha value is -3.22. The summed E-state index contributed by atoms with van der Waals surface area (Å²) in [5.41, 5.74) is 3.36. The van der Waals surface area contributed by atoms with Gasteiger partial charge in [0.15, 0.2) is 6.10 Å². The van der Waals surface area contributed by atoms with E-state index < -0.39 is 6.10 Å². The van der Waals surface area contributed by atoms with Crippen LogP contribution in [0.4, 0.5) is 0 Å². The zero-order valence-corrected chi connectivity index (χ0v) is 14.4. The second-order valence-corrected chi connectivity index (χ2v) is 6.29. The number of hydrogen-bond acceptors (Lipinski definition) is 5. The minimum atomic E-state index is -0.542. The summed E-state index contributed by atoms with van der Waals surface area (Å²) >= 11 is 0. The van der Waals surface area contributed by atoms with Crippen LogP contribution < -0.4 is 4.74 Å². The van der Waals surface area contributed by atoms with Crippen LogP contribution in [0.1, 0.15) is 18.1 Å². The molecule has 0 saturated carbocycles. The maximum atomic E-state index is 12.7. The van der Waals surface area contributed by atoms with Crippen molar-refractivity contribution in [3.8, 4) is 11.4 Å². The highest BCUT2D eigenvalue weighted by atomic mass is 16.5. The molecular weight excluding hydrogens is 330 g/mol. The van der Waals surface area contributed by atoms with Crippen LogP contribution in [0.15, 0.2) is 54.9 Å². The first-order valence-corrected chi connectivity index (χ1v) is 8.56. The fraction of sp³-hybridized carbons (Fsp3) is 0.263. The number of rotatable bonds is 4. The number of tetrazole rings is 1. The van der Waals surface area contributed by atoms with Gasteiger partial charge in [0.2, 0.25) is 0 Å². The first-order chi connectivity index (χ1) is 12.7. The summed E-state index contributed by atoms with van der Waals surface area (Å²) in [5, 5.41) is 11.1. The summed E-state index contributed by atoms with van der Waals surface area (Å²) in [6.07, 6.45) is 1.87. The van der Waals surface area contributed by atoms with Gasteiger partial charge in [-0.2, -0.15) is 0 Å². The van der Waals surface area contributed by atoms with Crippen LogP contribution in [-0.4, -0.2) is 43.7 Å². The maximum Gasteiger partial charge on any atom is 0.263 e. The maximum absolute atomic E-state index is 12.7. The predicted octanol–water partition coefficient (Wildman–Crippen LogP) is 2.01. The van der Waals surface area contributed by atoms with E-state index >= 15 is 0 Å². The largest absolute Gasteiger partial charge is 0.481 e. The van der Waals surface area contributed by atoms with E-state index in [2.05, 4.69) is 27.7 Å². The van der Waals surface area contributed by atoms with Crippen molar-refractivity contribution in [1.29, 1.82) is 0 Å². The van der Waals surface area contributed by atoms with E-state index in [1.807, 2.05) is 41.3 Å². The first-order valence-electron chi connectivity index (χ1n) is 8.56. The fourth-order valence-corrected chi connectivity index (χ4v) is 3.15. The Morgan fingerprint density at radius 3 is 2.62 bits per heavy atom. The van der Waals surface area contributed by atoms with Crippen molar-refractivity contribution < 1.29 is 9.53 Å². The number of carbonyl (C=O) groups is 1. The van der Waals surface area contributed by atoms with Gasteiger partial charge in [-0.3, -0.25) is 4.79 Å². The molecule has 7 nitrogen and oxygen atoms in total. The van der Waals surface area contributed by atoms with Gasteiger partial charge in [0.25, 0.3) is 5.91 Å². The summed E-state index contributed by atoms with van der Waals surface area (Å²) in [4.78, 5) is 14.6. The zero-order chi connectivity index (χ0) is 17.9. The molecule has 0 fully saturated rings. The predicted molar refractivity (Wildman–Crippen MR) is 94.8 cm³/mol. The normalized spacial score (nSPS) is 14.6. The van der Waals surface area contributed by atoms with E-state index in [-0.39, 0.29) is 5.91 Å². The number of nitrogens with zero attached hydrogens (tertiary/aromatic N) is 5. The van der Waals surface area contributed by atoms with Crippen LogP contribution in [0.25, 0.3) is 5.69 Å². The monoisotopic (exact) mass is 349 g/mol. The van der Waals surface area contributed by atoms with E-state index in [1.165, 1.54) is 17.5 Å². The Kier molecular flexibility index (Phi) is 4.35. The molecule has 0 radical (unpaired) electrons. The molecule has 0 N–H and O–H groups in total. The van der Waals surface area contributed by atoms with Gasteiger partial charge in [0.1, 0.15) is 12.1 Å². The molecule has 1 aliphatic rings. The van der Waals surface area contributed by atoms with E-state index in [0.29, 0.717) is 12.3 Å². The molecular formula is C19H19N5O2. The van der Waals surface area contributed by atoms with Crippen molar-refractivity contribution in [3.63, 3.8) is 0 Å². The Labute approximate surface area is 151 Å². The van der Waals surface area contributed by atoms with Gasteiger partial charge in [0.05, 0.1) is 5.69 Å². The summed E-state index contributed by atoms with van der Waals surface area (Å²) in [6.45, 7) is 3.15. The topological polar surface area (TPSA) is 73.1 Å². The van der Waals surface area contributed by atoms with Crippen LogP contribution in [0, 0.1) is 0 Å². The number of ether oxygens (including phenoxy) is 1. The molecule has 0 saturated heterocycles. The zero-order valence-electron chi connectivity index (χ0n) is 14.4. The smallest absolute Gasteiger partial charge is 0.263 e. The van der Waals surface area contributed by atoms with Gasteiger partial charge < -0.3 is 9.64 Å². The first kappa shape index (κ1) is 16.3. The van der Waals surface area contributed by atoms with Crippen molar-refractivity contribution >= 4 is 5.91 Å². The SMILES string of the molecule is C[C@H](Oc1ccc(-n2cnnn2)cc1)C(=O)N1CCc2ccccc2C1. The van der Waals surface area contributed by atoms with E-state index in [9.17, 15) is 4.79 Å². The molecule has 0 bridgehead atoms. The van der Waals surface area contributed by atoms with Gasteiger partial charge in [-0.25, -0.2) is 4.68 Å². The van der Waals surface area contributed by atoms with Gasteiger partial charge in [0, 0.05) is 13.1 Å². The number of amides is 1. The molecule has 1 amide bonds. The molecule has 4 rings (SSSR count). The molecule has 7 heteroatoms. The molecule has 2 heterocycles. The van der Waals surface area contributed by atoms with E-state index in [4.69, 9.17) is 4.74 Å². The number of fused-ring (bicyclic) bond motifs is 1. The van der Waals surface area contributed by atoms with Crippen LogP contribution in [0.3, 0.4) is 0 Å². The summed E-state index contributed by atoms with van der Waals surface area (Å²) < 4.78 is 7.40. The molecule has 26 heavy (non-hydrogen) atoms. The number of benzene rings is 2. The van der Waals surface area contributed by atoms with Crippen molar-refractivity contribution in [2.24, 2.45) is 0 Å². The molecule has 1 aromatic heterocycles. The van der Waals surface area contributed by atoms with Crippen LogP contribution >= 0.6 is 0 Å². The van der Waals surface area contributed by atoms with Crippen LogP contribution in [-0.2, 0) is 17.8 Å². The van der Waals surface area contributed by atoms with Gasteiger partial charge in [-0.1, -0.05) is 24.3 Å². The minimum Gasteiger partial charge on any atom is -0.481 e. The Morgan fingerprint density at radius 2 is 1.88 bits per heavy atom. The van der Waals surface area contributed by atoms with Gasteiger partial charge >= 0.3 is 0 Å². The van der Waals surface area contributed by atoms with Crippen molar-refractivity contribution in [3.05, 3.63) is 66.0 Å². The lowest BCUT2D eigenvalue weighted by Gasteiger charge is -2.31. The van der Waals surface area contributed by atoms with Crippen molar-refractivity contribution in [2.75, 3.05) is 6.54 Å². The average molecular weight is 349 g/mol. The summed E-state index contributed by atoms with van der Waals surface area (Å²) in [7, 11) is 0. The molecule has 0 unspecified atom stereocenters. The van der Waals surface area contributed by atoms with Crippen molar-refractivity contribution in [1.82, 2.24) is 25.1 Å². The van der Waals surface area contributed by atoms with Gasteiger partial charge in [-0.15, -0.1) is 5.10 Å². The lowest BCUT2D eigenvalue weighted by atomic mass is 9.99. The molecule has 3 aromatic rings. The second-order valence-electron chi connectivity index (χ2n) is 6.29. The van der Waals surface area contributed by atoms with E-state index in [1.54, 1.807) is 11.6 Å². The number of hydrogen-bond donors (Lipinski definition) is 0. The Morgan fingerprint density at radius 1 is 1.12 bits per heavy atom. The number of aromatic nitrogens is 4. The third-order valence-corrected chi connectivity index (χ3v) is 4.55. The van der Waals surface area contributed by atoms with Crippen LogP contribution in [0.5, 0.6) is 5.75 Å². The molecule has 1 aliphatic heterocycles. The van der Waals surface area contributed by atoms with E-state index in [0.717, 1.165) is 18.7 Å².